The van der Waals surface area contributed by atoms with Crippen LogP contribution in [0.15, 0.2) is 24.3 Å². The minimum atomic E-state index is -4.32. The molecule has 1 atom stereocenters. The molecule has 0 spiro atoms. The molecule has 0 aromatic heterocycles. The fraction of sp³-hybridized carbons (Fsp3) is 0.500. The van der Waals surface area contributed by atoms with Gasteiger partial charge in [-0.25, -0.2) is 4.79 Å². The van der Waals surface area contributed by atoms with Gasteiger partial charge in [0.1, 0.15) is 0 Å². The van der Waals surface area contributed by atoms with Crippen molar-refractivity contribution in [2.45, 2.75) is 37.8 Å². The number of rotatable bonds is 4. The maximum atomic E-state index is 12.2. The minimum Gasteiger partial charge on any atom is -0.478 e. The maximum absolute atomic E-state index is 12.2. The Hall–Kier alpha value is -2.05. The Kier molecular flexibility index (Phi) is 5.28. The summed E-state index contributed by atoms with van der Waals surface area (Å²) in [4.78, 5) is 24.2. The van der Waals surface area contributed by atoms with Gasteiger partial charge in [0.2, 0.25) is 5.91 Å². The second-order valence-electron chi connectivity index (χ2n) is 5.72. The molecule has 7 heteroatoms. The Morgan fingerprint density at radius 2 is 1.87 bits per heavy atom. The van der Waals surface area contributed by atoms with E-state index in [1.807, 2.05) is 0 Å². The molecule has 2 rings (SSSR count). The highest BCUT2D eigenvalue weighted by molar-refractivity contribution is 5.87. The van der Waals surface area contributed by atoms with E-state index in [0.717, 1.165) is 18.4 Å². The molecule has 4 nitrogen and oxygen atoms in total. The SMILES string of the molecule is O=C(O)c1ccc(C2CCCN(C(=O)CCC(F)(F)F)C2)cc1. The third-order valence-electron chi connectivity index (χ3n) is 4.03. The van der Waals surface area contributed by atoms with Crippen molar-refractivity contribution in [3.05, 3.63) is 35.4 Å². The number of carbonyl (C=O) groups excluding carboxylic acids is 1. The van der Waals surface area contributed by atoms with Crippen molar-refractivity contribution in [1.29, 1.82) is 0 Å². The van der Waals surface area contributed by atoms with Gasteiger partial charge in [0.15, 0.2) is 0 Å². The third-order valence-corrected chi connectivity index (χ3v) is 4.03. The fourth-order valence-corrected chi connectivity index (χ4v) is 2.78. The average molecular weight is 329 g/mol. The van der Waals surface area contributed by atoms with Gasteiger partial charge in [-0.2, -0.15) is 13.2 Å². The molecule has 1 aromatic carbocycles. The van der Waals surface area contributed by atoms with Gasteiger partial charge in [0.05, 0.1) is 12.0 Å². The van der Waals surface area contributed by atoms with Gasteiger partial charge in [-0.1, -0.05) is 12.1 Å². The molecule has 0 saturated carbocycles. The Balaban J connectivity index is 1.97. The standard InChI is InChI=1S/C16H18F3NO3/c17-16(18,19)8-7-14(21)20-9-1-2-13(10-20)11-3-5-12(6-4-11)15(22)23/h3-6,13H,1-2,7-10H2,(H,22,23). The zero-order valence-electron chi connectivity index (χ0n) is 12.5. The zero-order chi connectivity index (χ0) is 17.0. The van der Waals surface area contributed by atoms with Crippen LogP contribution >= 0.6 is 0 Å². The molecule has 126 valence electrons. The van der Waals surface area contributed by atoms with E-state index in [1.165, 1.54) is 17.0 Å². The first-order valence-corrected chi connectivity index (χ1v) is 7.44. The minimum absolute atomic E-state index is 0.0291. The van der Waals surface area contributed by atoms with Gasteiger partial charge in [0, 0.05) is 25.4 Å². The van der Waals surface area contributed by atoms with Crippen LogP contribution in [0.1, 0.15) is 47.5 Å². The van der Waals surface area contributed by atoms with Crippen LogP contribution in [0.4, 0.5) is 13.2 Å². The number of carbonyl (C=O) groups is 2. The summed E-state index contributed by atoms with van der Waals surface area (Å²) in [7, 11) is 0. The van der Waals surface area contributed by atoms with Crippen molar-refractivity contribution in [3.63, 3.8) is 0 Å². The predicted molar refractivity (Wildman–Crippen MR) is 77.2 cm³/mol. The summed E-state index contributed by atoms with van der Waals surface area (Å²) in [6, 6.07) is 6.42. The molecule has 0 aliphatic carbocycles. The van der Waals surface area contributed by atoms with Crippen LogP contribution in [0.5, 0.6) is 0 Å². The molecule has 1 amide bonds. The summed E-state index contributed by atoms with van der Waals surface area (Å²) in [5, 5.41) is 8.88. The van der Waals surface area contributed by atoms with Crippen LogP contribution in [0.25, 0.3) is 0 Å². The second-order valence-corrected chi connectivity index (χ2v) is 5.72. The number of halogens is 3. The third kappa shape index (κ3) is 4.97. The Labute approximate surface area is 131 Å². The van der Waals surface area contributed by atoms with Gasteiger partial charge in [-0.05, 0) is 30.5 Å². The van der Waals surface area contributed by atoms with E-state index in [4.69, 9.17) is 5.11 Å². The summed E-state index contributed by atoms with van der Waals surface area (Å²) in [6.07, 6.45) is -4.38. The molecule has 1 heterocycles. The maximum Gasteiger partial charge on any atom is 0.389 e. The molecular formula is C16H18F3NO3. The number of aromatic carboxylic acids is 1. The molecule has 0 radical (unpaired) electrons. The molecule has 23 heavy (non-hydrogen) atoms. The second kappa shape index (κ2) is 7.02. The molecular weight excluding hydrogens is 311 g/mol. The van der Waals surface area contributed by atoms with E-state index in [9.17, 15) is 22.8 Å². The van der Waals surface area contributed by atoms with Crippen molar-refractivity contribution in [3.8, 4) is 0 Å². The lowest BCUT2D eigenvalue weighted by Crippen LogP contribution is -2.39. The number of hydrogen-bond acceptors (Lipinski definition) is 2. The number of likely N-dealkylation sites (tertiary alicyclic amines) is 1. The van der Waals surface area contributed by atoms with Gasteiger partial charge in [0.25, 0.3) is 0 Å². The van der Waals surface area contributed by atoms with E-state index in [2.05, 4.69) is 0 Å². The number of nitrogens with zero attached hydrogens (tertiary/aromatic N) is 1. The lowest BCUT2D eigenvalue weighted by Gasteiger charge is -2.33. The molecule has 0 bridgehead atoms. The monoisotopic (exact) mass is 329 g/mol. The van der Waals surface area contributed by atoms with E-state index < -0.39 is 30.9 Å². The van der Waals surface area contributed by atoms with E-state index in [0.29, 0.717) is 13.1 Å². The van der Waals surface area contributed by atoms with Gasteiger partial charge in [-0.3, -0.25) is 4.79 Å². The predicted octanol–water partition coefficient (Wildman–Crippen LogP) is 3.43. The zero-order valence-corrected chi connectivity index (χ0v) is 12.5. The summed E-state index contributed by atoms with van der Waals surface area (Å²) in [5.41, 5.74) is 1.09. The Morgan fingerprint density at radius 1 is 1.22 bits per heavy atom. The molecule has 1 N–H and O–H groups in total. The highest BCUT2D eigenvalue weighted by Gasteiger charge is 2.31. The number of amides is 1. The van der Waals surface area contributed by atoms with Crippen molar-refractivity contribution in [1.82, 2.24) is 4.90 Å². The largest absolute Gasteiger partial charge is 0.478 e. The molecule has 1 aliphatic rings. The van der Waals surface area contributed by atoms with Crippen LogP contribution < -0.4 is 0 Å². The van der Waals surface area contributed by atoms with Crippen LogP contribution in [0, 0.1) is 0 Å². The summed E-state index contributed by atoms with van der Waals surface area (Å²) in [6.45, 7) is 0.851. The van der Waals surface area contributed by atoms with Crippen LogP contribution in [0.2, 0.25) is 0 Å². The van der Waals surface area contributed by atoms with Crippen LogP contribution in [0.3, 0.4) is 0 Å². The summed E-state index contributed by atoms with van der Waals surface area (Å²) >= 11 is 0. The molecule has 1 aliphatic heterocycles. The number of carboxylic acids is 1. The van der Waals surface area contributed by atoms with E-state index in [1.54, 1.807) is 12.1 Å². The van der Waals surface area contributed by atoms with Crippen molar-refractivity contribution in [2.24, 2.45) is 0 Å². The normalized spacial score (nSPS) is 18.7. The highest BCUT2D eigenvalue weighted by atomic mass is 19.4. The topological polar surface area (TPSA) is 57.6 Å². The first-order valence-electron chi connectivity index (χ1n) is 7.44. The fourth-order valence-electron chi connectivity index (χ4n) is 2.78. The van der Waals surface area contributed by atoms with Crippen LogP contribution in [-0.4, -0.2) is 41.1 Å². The lowest BCUT2D eigenvalue weighted by molar-refractivity contribution is -0.149. The molecule has 1 saturated heterocycles. The summed E-state index contributed by atoms with van der Waals surface area (Å²) in [5.74, 6) is -1.46. The number of benzene rings is 1. The Morgan fingerprint density at radius 3 is 2.43 bits per heavy atom. The van der Waals surface area contributed by atoms with Crippen LogP contribution in [-0.2, 0) is 4.79 Å². The van der Waals surface area contributed by atoms with Crippen molar-refractivity contribution >= 4 is 11.9 Å². The van der Waals surface area contributed by atoms with Gasteiger partial charge >= 0.3 is 12.1 Å². The quantitative estimate of drug-likeness (QED) is 0.921. The number of carboxylic acid groups (broad SMARTS) is 1. The summed E-state index contributed by atoms with van der Waals surface area (Å²) < 4.78 is 36.6. The van der Waals surface area contributed by atoms with E-state index >= 15 is 0 Å². The molecule has 1 fully saturated rings. The van der Waals surface area contributed by atoms with Gasteiger partial charge in [-0.15, -0.1) is 0 Å². The Bertz CT molecular complexity index is 569. The highest BCUT2D eigenvalue weighted by Crippen LogP contribution is 2.28. The van der Waals surface area contributed by atoms with Crippen molar-refractivity contribution in [2.75, 3.05) is 13.1 Å². The number of piperidine rings is 1. The average Bonchev–Trinajstić information content (AvgIpc) is 2.52. The van der Waals surface area contributed by atoms with E-state index in [-0.39, 0.29) is 11.5 Å². The van der Waals surface area contributed by atoms with Gasteiger partial charge < -0.3 is 10.0 Å². The number of hydrogen-bond donors (Lipinski definition) is 1. The first kappa shape index (κ1) is 17.3. The first-order chi connectivity index (χ1) is 10.8. The smallest absolute Gasteiger partial charge is 0.389 e. The molecule has 1 unspecified atom stereocenters. The van der Waals surface area contributed by atoms with Crippen molar-refractivity contribution < 1.29 is 27.9 Å². The molecule has 1 aromatic rings. The lowest BCUT2D eigenvalue weighted by atomic mass is 9.90. The number of alkyl halides is 3.